The molecule has 1 aromatic carbocycles. The van der Waals surface area contributed by atoms with E-state index in [9.17, 15) is 9.59 Å². The molecule has 110 valence electrons. The lowest BCUT2D eigenvalue weighted by atomic mass is 10.1. The molecule has 1 unspecified atom stereocenters. The van der Waals surface area contributed by atoms with Crippen molar-refractivity contribution >= 4 is 27.7 Å². The first-order valence-electron chi connectivity index (χ1n) is 6.44. The smallest absolute Gasteiger partial charge is 0.251 e. The van der Waals surface area contributed by atoms with Gasteiger partial charge in [-0.15, -0.1) is 0 Å². The Bertz CT molecular complexity index is 465. The predicted molar refractivity (Wildman–Crippen MR) is 80.4 cm³/mol. The van der Waals surface area contributed by atoms with Crippen LogP contribution in [0.2, 0.25) is 0 Å². The summed E-state index contributed by atoms with van der Waals surface area (Å²) >= 11 is 3.29. The summed E-state index contributed by atoms with van der Waals surface area (Å²) < 4.78 is 0.812. The van der Waals surface area contributed by atoms with E-state index in [1.54, 1.807) is 18.2 Å². The first-order valence-corrected chi connectivity index (χ1v) is 7.23. The summed E-state index contributed by atoms with van der Waals surface area (Å²) in [6.45, 7) is 2.48. The van der Waals surface area contributed by atoms with Crippen LogP contribution in [0.5, 0.6) is 0 Å². The number of rotatable bonds is 7. The molecule has 0 fully saturated rings. The van der Waals surface area contributed by atoms with Crippen LogP contribution in [0.25, 0.3) is 0 Å². The van der Waals surface area contributed by atoms with Gasteiger partial charge in [-0.1, -0.05) is 28.9 Å². The second-order valence-electron chi connectivity index (χ2n) is 4.61. The van der Waals surface area contributed by atoms with E-state index in [2.05, 4.69) is 26.6 Å². The molecule has 2 amide bonds. The van der Waals surface area contributed by atoms with Crippen molar-refractivity contribution in [3.63, 3.8) is 0 Å². The van der Waals surface area contributed by atoms with Crippen LogP contribution >= 0.6 is 15.9 Å². The van der Waals surface area contributed by atoms with Crippen molar-refractivity contribution in [3.8, 4) is 0 Å². The van der Waals surface area contributed by atoms with E-state index in [0.717, 1.165) is 4.47 Å². The van der Waals surface area contributed by atoms with Gasteiger partial charge >= 0.3 is 0 Å². The fraction of sp³-hybridized carbons (Fsp3) is 0.429. The molecule has 0 aliphatic carbocycles. The molecule has 0 radical (unpaired) electrons. The van der Waals surface area contributed by atoms with Gasteiger partial charge in [0.25, 0.3) is 5.91 Å². The first-order chi connectivity index (χ1) is 9.52. The molecular weight excluding hydrogens is 324 g/mol. The zero-order valence-corrected chi connectivity index (χ0v) is 12.9. The van der Waals surface area contributed by atoms with E-state index in [-0.39, 0.29) is 30.9 Å². The molecule has 0 heterocycles. The van der Waals surface area contributed by atoms with Gasteiger partial charge in [0.15, 0.2) is 0 Å². The molecule has 0 saturated heterocycles. The number of aliphatic hydroxyl groups is 1. The van der Waals surface area contributed by atoms with Crippen molar-refractivity contribution in [3.05, 3.63) is 34.3 Å². The highest BCUT2D eigenvalue weighted by atomic mass is 79.9. The third kappa shape index (κ3) is 6.16. The number of carbonyl (C=O) groups is 2. The highest BCUT2D eigenvalue weighted by molar-refractivity contribution is 9.10. The lowest BCUT2D eigenvalue weighted by molar-refractivity contribution is -0.120. The molecule has 3 N–H and O–H groups in total. The molecule has 20 heavy (non-hydrogen) atoms. The van der Waals surface area contributed by atoms with Crippen LogP contribution in [0.15, 0.2) is 28.7 Å². The number of benzene rings is 1. The number of carbonyl (C=O) groups excluding carboxylic acids is 2. The summed E-state index contributed by atoms with van der Waals surface area (Å²) in [6.07, 6.45) is 0.644. The van der Waals surface area contributed by atoms with E-state index in [1.807, 2.05) is 13.0 Å². The Labute approximate surface area is 126 Å². The lowest BCUT2D eigenvalue weighted by Gasteiger charge is -2.11. The summed E-state index contributed by atoms with van der Waals surface area (Å²) in [5.41, 5.74) is 0.501. The Morgan fingerprint density at radius 2 is 2.10 bits per heavy atom. The topological polar surface area (TPSA) is 78.4 Å². The molecule has 0 aliphatic rings. The second-order valence-corrected chi connectivity index (χ2v) is 5.53. The Morgan fingerprint density at radius 3 is 2.75 bits per heavy atom. The number of halogens is 1. The SMILES string of the molecule is CC(CCO)CNC(=O)CNC(=O)c1cccc(Br)c1. The quantitative estimate of drug-likeness (QED) is 0.699. The number of hydrogen-bond acceptors (Lipinski definition) is 3. The molecule has 5 nitrogen and oxygen atoms in total. The van der Waals surface area contributed by atoms with Gasteiger partial charge in [-0.2, -0.15) is 0 Å². The molecule has 1 atom stereocenters. The van der Waals surface area contributed by atoms with Crippen LogP contribution in [0.4, 0.5) is 0 Å². The zero-order chi connectivity index (χ0) is 15.0. The molecule has 0 spiro atoms. The van der Waals surface area contributed by atoms with Gasteiger partial charge in [-0.05, 0) is 30.5 Å². The van der Waals surface area contributed by atoms with E-state index in [1.165, 1.54) is 0 Å². The third-order valence-electron chi connectivity index (χ3n) is 2.77. The van der Waals surface area contributed by atoms with Gasteiger partial charge in [0.05, 0.1) is 6.54 Å². The van der Waals surface area contributed by atoms with Gasteiger partial charge in [0.2, 0.25) is 5.91 Å². The molecule has 0 bridgehead atoms. The molecule has 0 aliphatic heterocycles. The maximum Gasteiger partial charge on any atom is 0.251 e. The highest BCUT2D eigenvalue weighted by Gasteiger charge is 2.09. The van der Waals surface area contributed by atoms with Gasteiger partial charge in [0.1, 0.15) is 0 Å². The van der Waals surface area contributed by atoms with E-state index in [4.69, 9.17) is 5.11 Å². The summed E-state index contributed by atoms with van der Waals surface area (Å²) in [5, 5.41) is 14.0. The van der Waals surface area contributed by atoms with Crippen molar-refractivity contribution in [1.82, 2.24) is 10.6 Å². The molecule has 1 aromatic rings. The van der Waals surface area contributed by atoms with Gasteiger partial charge in [-0.25, -0.2) is 0 Å². The van der Waals surface area contributed by atoms with Crippen molar-refractivity contribution in [2.45, 2.75) is 13.3 Å². The van der Waals surface area contributed by atoms with Crippen LogP contribution in [0, 0.1) is 5.92 Å². The number of aliphatic hydroxyl groups excluding tert-OH is 1. The average Bonchev–Trinajstić information content (AvgIpc) is 2.43. The van der Waals surface area contributed by atoms with Crippen molar-refractivity contribution in [2.75, 3.05) is 19.7 Å². The number of hydrogen-bond donors (Lipinski definition) is 3. The minimum atomic E-state index is -0.287. The molecule has 1 rings (SSSR count). The summed E-state index contributed by atoms with van der Waals surface area (Å²) in [7, 11) is 0. The highest BCUT2D eigenvalue weighted by Crippen LogP contribution is 2.11. The molecule has 6 heteroatoms. The van der Waals surface area contributed by atoms with E-state index in [0.29, 0.717) is 18.5 Å². The zero-order valence-electron chi connectivity index (χ0n) is 11.4. The minimum absolute atomic E-state index is 0.0583. The first kappa shape index (κ1) is 16.7. The lowest BCUT2D eigenvalue weighted by Crippen LogP contribution is -2.38. The van der Waals surface area contributed by atoms with Crippen molar-refractivity contribution in [2.24, 2.45) is 5.92 Å². The number of nitrogens with one attached hydrogen (secondary N) is 2. The van der Waals surface area contributed by atoms with Gasteiger partial charge in [-0.3, -0.25) is 9.59 Å². The summed E-state index contributed by atoms with van der Waals surface area (Å²) in [4.78, 5) is 23.4. The van der Waals surface area contributed by atoms with E-state index >= 15 is 0 Å². The Hall–Kier alpha value is -1.40. The summed E-state index contributed by atoms with van der Waals surface area (Å²) in [5.74, 6) is -0.312. The van der Waals surface area contributed by atoms with E-state index < -0.39 is 0 Å². The molecule has 0 saturated carbocycles. The maximum absolute atomic E-state index is 11.8. The van der Waals surface area contributed by atoms with Crippen LogP contribution in [0.1, 0.15) is 23.7 Å². The maximum atomic E-state index is 11.8. The summed E-state index contributed by atoms with van der Waals surface area (Å²) in [6, 6.07) is 6.96. The Kier molecular flexibility index (Phi) is 7.25. The van der Waals surface area contributed by atoms with Crippen molar-refractivity contribution < 1.29 is 14.7 Å². The normalized spacial score (nSPS) is 11.8. The van der Waals surface area contributed by atoms with Gasteiger partial charge in [0, 0.05) is 23.2 Å². The molecular formula is C14H19BrN2O3. The van der Waals surface area contributed by atoms with Crippen LogP contribution < -0.4 is 10.6 Å². The second kappa shape index (κ2) is 8.71. The van der Waals surface area contributed by atoms with Gasteiger partial charge < -0.3 is 15.7 Å². The minimum Gasteiger partial charge on any atom is -0.396 e. The third-order valence-corrected chi connectivity index (χ3v) is 3.26. The fourth-order valence-electron chi connectivity index (χ4n) is 1.57. The number of amides is 2. The van der Waals surface area contributed by atoms with Crippen LogP contribution in [0.3, 0.4) is 0 Å². The Morgan fingerprint density at radius 1 is 1.35 bits per heavy atom. The Balaban J connectivity index is 2.32. The fourth-order valence-corrected chi connectivity index (χ4v) is 1.96. The van der Waals surface area contributed by atoms with Crippen LogP contribution in [-0.2, 0) is 4.79 Å². The van der Waals surface area contributed by atoms with Crippen molar-refractivity contribution in [1.29, 1.82) is 0 Å². The average molecular weight is 343 g/mol. The van der Waals surface area contributed by atoms with Crippen LogP contribution in [-0.4, -0.2) is 36.6 Å². The largest absolute Gasteiger partial charge is 0.396 e. The monoisotopic (exact) mass is 342 g/mol. The standard InChI is InChI=1S/C14H19BrN2O3/c1-10(5-6-18)8-16-13(19)9-17-14(20)11-3-2-4-12(15)7-11/h2-4,7,10,18H,5-6,8-9H2,1H3,(H,16,19)(H,17,20). The molecule has 0 aromatic heterocycles. The predicted octanol–water partition coefficient (Wildman–Crippen LogP) is 1.31.